The Balaban J connectivity index is 1.50. The standard InChI is InChI=1S/C20H15BrClFN2O2/c1-10-14(15-8-12(21)9-16(23)19(15)25-10)4-5-24-20(26)18-7-11-6-13(22)2-3-17(11)27-18/h2-3,6-9,25H,4-5H2,1H3,(H,24,26). The second-order valence-electron chi connectivity index (χ2n) is 6.34. The van der Waals surface area contributed by atoms with Crippen LogP contribution in [0.4, 0.5) is 4.39 Å². The van der Waals surface area contributed by atoms with Gasteiger partial charge in [-0.2, -0.15) is 0 Å². The van der Waals surface area contributed by atoms with Crippen molar-refractivity contribution in [1.82, 2.24) is 10.3 Å². The number of aromatic nitrogens is 1. The topological polar surface area (TPSA) is 58.0 Å². The molecule has 27 heavy (non-hydrogen) atoms. The third kappa shape index (κ3) is 3.47. The fraction of sp³-hybridized carbons (Fsp3) is 0.150. The highest BCUT2D eigenvalue weighted by Gasteiger charge is 2.15. The molecule has 2 N–H and O–H groups in total. The Bertz CT molecular complexity index is 1180. The first-order valence-corrected chi connectivity index (χ1v) is 9.53. The maximum absolute atomic E-state index is 14.1. The number of furan rings is 1. The van der Waals surface area contributed by atoms with Crippen molar-refractivity contribution in [3.05, 3.63) is 68.7 Å². The SMILES string of the molecule is Cc1[nH]c2c(F)cc(Br)cc2c1CCNC(=O)c1cc2cc(Cl)ccc2o1. The Labute approximate surface area is 167 Å². The minimum absolute atomic E-state index is 0.233. The zero-order valence-corrected chi connectivity index (χ0v) is 16.7. The van der Waals surface area contributed by atoms with E-state index in [1.54, 1.807) is 24.3 Å². The van der Waals surface area contributed by atoms with Crippen molar-refractivity contribution >= 4 is 55.3 Å². The monoisotopic (exact) mass is 448 g/mol. The molecule has 0 unspecified atom stereocenters. The molecule has 0 fully saturated rings. The molecule has 0 aliphatic heterocycles. The number of amides is 1. The molecule has 4 rings (SSSR count). The van der Waals surface area contributed by atoms with Crippen molar-refractivity contribution in [1.29, 1.82) is 0 Å². The van der Waals surface area contributed by atoms with E-state index in [-0.39, 0.29) is 17.5 Å². The van der Waals surface area contributed by atoms with E-state index in [1.165, 1.54) is 6.07 Å². The Morgan fingerprint density at radius 3 is 2.93 bits per heavy atom. The van der Waals surface area contributed by atoms with Crippen LogP contribution in [-0.2, 0) is 6.42 Å². The van der Waals surface area contributed by atoms with E-state index >= 15 is 0 Å². The van der Waals surface area contributed by atoms with Crippen LogP contribution < -0.4 is 5.32 Å². The average Bonchev–Trinajstić information content (AvgIpc) is 3.16. The van der Waals surface area contributed by atoms with Crippen LogP contribution >= 0.6 is 27.5 Å². The number of hydrogen-bond acceptors (Lipinski definition) is 2. The van der Waals surface area contributed by atoms with Gasteiger partial charge >= 0.3 is 0 Å². The van der Waals surface area contributed by atoms with Gasteiger partial charge in [0.1, 0.15) is 11.4 Å². The molecule has 0 atom stereocenters. The van der Waals surface area contributed by atoms with Crippen molar-refractivity contribution in [3.8, 4) is 0 Å². The third-order valence-corrected chi connectivity index (χ3v) is 5.20. The van der Waals surface area contributed by atoms with E-state index in [2.05, 4.69) is 26.2 Å². The molecule has 2 aromatic carbocycles. The van der Waals surface area contributed by atoms with Crippen molar-refractivity contribution in [3.63, 3.8) is 0 Å². The molecule has 1 amide bonds. The zero-order valence-electron chi connectivity index (χ0n) is 14.3. The van der Waals surface area contributed by atoms with E-state index in [9.17, 15) is 9.18 Å². The first kappa shape index (κ1) is 18.1. The minimum atomic E-state index is -0.307. The molecule has 2 aromatic heterocycles. The second kappa shape index (κ2) is 7.02. The maximum Gasteiger partial charge on any atom is 0.287 e. The molecule has 0 aliphatic carbocycles. The molecule has 4 aromatic rings. The summed E-state index contributed by atoms with van der Waals surface area (Å²) in [7, 11) is 0. The highest BCUT2D eigenvalue weighted by Crippen LogP contribution is 2.28. The summed E-state index contributed by atoms with van der Waals surface area (Å²) in [5, 5.41) is 5.03. The molecule has 0 bridgehead atoms. The highest BCUT2D eigenvalue weighted by molar-refractivity contribution is 9.10. The molecule has 0 spiro atoms. The second-order valence-corrected chi connectivity index (χ2v) is 7.69. The third-order valence-electron chi connectivity index (χ3n) is 4.51. The normalized spacial score (nSPS) is 11.4. The number of halogens is 3. The van der Waals surface area contributed by atoms with Crippen LogP contribution in [0.25, 0.3) is 21.9 Å². The number of fused-ring (bicyclic) bond motifs is 2. The predicted octanol–water partition coefficient (Wildman–Crippen LogP) is 5.75. The Hall–Kier alpha value is -2.31. The van der Waals surface area contributed by atoms with Gasteiger partial charge in [-0.05, 0) is 55.3 Å². The summed E-state index contributed by atoms with van der Waals surface area (Å²) in [5.41, 5.74) is 2.94. The Morgan fingerprint density at radius 1 is 1.30 bits per heavy atom. The smallest absolute Gasteiger partial charge is 0.287 e. The van der Waals surface area contributed by atoms with Gasteiger partial charge in [0.25, 0.3) is 5.91 Å². The van der Waals surface area contributed by atoms with Gasteiger partial charge in [0, 0.05) is 32.5 Å². The van der Waals surface area contributed by atoms with Crippen molar-refractivity contribution < 1.29 is 13.6 Å². The van der Waals surface area contributed by atoms with E-state index in [4.69, 9.17) is 16.0 Å². The predicted molar refractivity (Wildman–Crippen MR) is 108 cm³/mol. The quantitative estimate of drug-likeness (QED) is 0.417. The largest absolute Gasteiger partial charge is 0.451 e. The molecular formula is C20H15BrClFN2O2. The summed E-state index contributed by atoms with van der Waals surface area (Å²) in [6.07, 6.45) is 0.569. The van der Waals surface area contributed by atoms with Crippen LogP contribution in [0.2, 0.25) is 5.02 Å². The number of nitrogens with one attached hydrogen (secondary N) is 2. The van der Waals surface area contributed by atoms with Crippen LogP contribution in [0.3, 0.4) is 0 Å². The molecule has 0 radical (unpaired) electrons. The molecule has 0 saturated heterocycles. The fourth-order valence-corrected chi connectivity index (χ4v) is 3.85. The lowest BCUT2D eigenvalue weighted by atomic mass is 10.1. The van der Waals surface area contributed by atoms with Gasteiger partial charge in [0.05, 0.1) is 5.52 Å². The molecule has 0 aliphatic rings. The summed E-state index contributed by atoms with van der Waals surface area (Å²) in [5.74, 6) is -0.373. The summed E-state index contributed by atoms with van der Waals surface area (Å²) in [6, 6.07) is 10.2. The van der Waals surface area contributed by atoms with E-state index in [0.717, 1.165) is 22.0 Å². The van der Waals surface area contributed by atoms with Crippen LogP contribution in [0.1, 0.15) is 21.8 Å². The van der Waals surface area contributed by atoms with Gasteiger partial charge in [-0.3, -0.25) is 4.79 Å². The number of H-pyrrole nitrogens is 1. The number of aryl methyl sites for hydroxylation is 1. The van der Waals surface area contributed by atoms with Gasteiger partial charge in [-0.15, -0.1) is 0 Å². The van der Waals surface area contributed by atoms with Gasteiger partial charge in [0.15, 0.2) is 5.76 Å². The number of hydrogen-bond donors (Lipinski definition) is 2. The molecule has 7 heteroatoms. The molecule has 2 heterocycles. The van der Waals surface area contributed by atoms with Gasteiger partial charge in [-0.1, -0.05) is 27.5 Å². The summed E-state index contributed by atoms with van der Waals surface area (Å²) < 4.78 is 20.3. The van der Waals surface area contributed by atoms with E-state index in [0.29, 0.717) is 33.6 Å². The van der Waals surface area contributed by atoms with Crippen LogP contribution in [0.5, 0.6) is 0 Å². The van der Waals surface area contributed by atoms with Crippen LogP contribution in [0.15, 0.2) is 45.3 Å². The lowest BCUT2D eigenvalue weighted by Gasteiger charge is -2.04. The van der Waals surface area contributed by atoms with Crippen molar-refractivity contribution in [2.24, 2.45) is 0 Å². The van der Waals surface area contributed by atoms with Crippen LogP contribution in [0, 0.1) is 12.7 Å². The summed E-state index contributed by atoms with van der Waals surface area (Å²) in [4.78, 5) is 15.4. The molecular weight excluding hydrogens is 435 g/mol. The van der Waals surface area contributed by atoms with Crippen molar-refractivity contribution in [2.45, 2.75) is 13.3 Å². The summed E-state index contributed by atoms with van der Waals surface area (Å²) in [6.45, 7) is 2.30. The Kier molecular flexibility index (Phi) is 4.70. The molecule has 4 nitrogen and oxygen atoms in total. The van der Waals surface area contributed by atoms with Gasteiger partial charge in [0.2, 0.25) is 0 Å². The molecule has 138 valence electrons. The first-order chi connectivity index (χ1) is 12.9. The lowest BCUT2D eigenvalue weighted by Crippen LogP contribution is -2.25. The minimum Gasteiger partial charge on any atom is -0.451 e. The van der Waals surface area contributed by atoms with Gasteiger partial charge in [-0.25, -0.2) is 4.39 Å². The zero-order chi connectivity index (χ0) is 19.1. The Morgan fingerprint density at radius 2 is 2.11 bits per heavy atom. The number of carbonyl (C=O) groups is 1. The van der Waals surface area contributed by atoms with Crippen LogP contribution in [-0.4, -0.2) is 17.4 Å². The number of benzene rings is 2. The lowest BCUT2D eigenvalue weighted by molar-refractivity contribution is 0.0928. The molecule has 0 saturated carbocycles. The maximum atomic E-state index is 14.1. The average molecular weight is 450 g/mol. The fourth-order valence-electron chi connectivity index (χ4n) is 3.24. The summed E-state index contributed by atoms with van der Waals surface area (Å²) >= 11 is 9.28. The first-order valence-electron chi connectivity index (χ1n) is 8.36. The van der Waals surface area contributed by atoms with E-state index < -0.39 is 0 Å². The van der Waals surface area contributed by atoms with Crippen molar-refractivity contribution in [2.75, 3.05) is 6.54 Å². The van der Waals surface area contributed by atoms with Gasteiger partial charge < -0.3 is 14.7 Å². The number of carbonyl (C=O) groups excluding carboxylic acids is 1. The van der Waals surface area contributed by atoms with E-state index in [1.807, 2.05) is 13.0 Å². The number of rotatable bonds is 4. The highest BCUT2D eigenvalue weighted by atomic mass is 79.9. The number of aromatic amines is 1.